The molecule has 0 radical (unpaired) electrons. The van der Waals surface area contributed by atoms with Crippen LogP contribution in [0.25, 0.3) is 0 Å². The summed E-state index contributed by atoms with van der Waals surface area (Å²) in [4.78, 5) is 5.00. The average Bonchev–Trinajstić information content (AvgIpc) is 2.64. The van der Waals surface area contributed by atoms with Gasteiger partial charge in [-0.1, -0.05) is 36.4 Å². The lowest BCUT2D eigenvalue weighted by Gasteiger charge is -2.34. The lowest BCUT2D eigenvalue weighted by Crippen LogP contribution is -2.47. The van der Waals surface area contributed by atoms with Crippen molar-refractivity contribution in [1.82, 2.24) is 9.80 Å². The fourth-order valence-corrected chi connectivity index (χ4v) is 3.00. The van der Waals surface area contributed by atoms with Crippen molar-refractivity contribution in [2.24, 2.45) is 0 Å². The van der Waals surface area contributed by atoms with Crippen LogP contribution in [0.15, 0.2) is 54.6 Å². The zero-order valence-corrected chi connectivity index (χ0v) is 14.4. The van der Waals surface area contributed by atoms with E-state index in [2.05, 4.69) is 40.1 Å². The summed E-state index contributed by atoms with van der Waals surface area (Å²) in [6.07, 6.45) is 0. The molecule has 0 N–H and O–H groups in total. The Balaban J connectivity index is 1.36. The Morgan fingerprint density at radius 2 is 1.54 bits per heavy atom. The number of hydrogen-bond acceptors (Lipinski definition) is 4. The summed E-state index contributed by atoms with van der Waals surface area (Å²) in [5.41, 5.74) is 1.40. The van der Waals surface area contributed by atoms with Gasteiger partial charge in [-0.25, -0.2) is 0 Å². The number of piperazine rings is 1. The number of rotatable bonds is 7. The highest BCUT2D eigenvalue weighted by molar-refractivity contribution is 5.32. The predicted molar refractivity (Wildman–Crippen MR) is 96.6 cm³/mol. The van der Waals surface area contributed by atoms with Gasteiger partial charge in [0, 0.05) is 45.3 Å². The Bertz CT molecular complexity index is 610. The third-order valence-electron chi connectivity index (χ3n) is 4.43. The summed E-state index contributed by atoms with van der Waals surface area (Å²) in [6.45, 7) is 7.18. The lowest BCUT2D eigenvalue weighted by atomic mass is 10.2. The molecule has 2 aromatic carbocycles. The summed E-state index contributed by atoms with van der Waals surface area (Å²) < 4.78 is 11.1. The number of methoxy groups -OCH3 is 1. The molecule has 1 saturated heterocycles. The maximum Gasteiger partial charge on any atom is 0.123 e. The second kappa shape index (κ2) is 8.71. The summed E-state index contributed by atoms with van der Waals surface area (Å²) >= 11 is 0. The van der Waals surface area contributed by atoms with Gasteiger partial charge in [-0.2, -0.15) is 0 Å². The van der Waals surface area contributed by atoms with E-state index in [1.54, 1.807) is 7.11 Å². The smallest absolute Gasteiger partial charge is 0.123 e. The predicted octanol–water partition coefficient (Wildman–Crippen LogP) is 2.89. The molecule has 1 heterocycles. The first-order valence-electron chi connectivity index (χ1n) is 8.59. The molecule has 128 valence electrons. The van der Waals surface area contributed by atoms with Gasteiger partial charge < -0.3 is 9.47 Å². The quantitative estimate of drug-likeness (QED) is 0.781. The monoisotopic (exact) mass is 326 g/mol. The number of hydrogen-bond donors (Lipinski definition) is 0. The van der Waals surface area contributed by atoms with Crippen molar-refractivity contribution in [2.75, 3.05) is 46.4 Å². The van der Waals surface area contributed by atoms with Gasteiger partial charge in [-0.3, -0.25) is 9.80 Å². The molecule has 1 aliphatic rings. The van der Waals surface area contributed by atoms with Crippen LogP contribution in [0.3, 0.4) is 0 Å². The van der Waals surface area contributed by atoms with Crippen LogP contribution in [-0.2, 0) is 6.54 Å². The molecule has 4 nitrogen and oxygen atoms in total. The van der Waals surface area contributed by atoms with Crippen LogP contribution in [0.5, 0.6) is 11.5 Å². The van der Waals surface area contributed by atoms with Crippen LogP contribution in [-0.4, -0.2) is 56.2 Å². The lowest BCUT2D eigenvalue weighted by molar-refractivity contribution is 0.112. The molecule has 4 heteroatoms. The minimum absolute atomic E-state index is 0.714. The Kier molecular flexibility index (Phi) is 6.10. The largest absolute Gasteiger partial charge is 0.497 e. The molecule has 24 heavy (non-hydrogen) atoms. The van der Waals surface area contributed by atoms with Crippen LogP contribution in [0, 0.1) is 0 Å². The summed E-state index contributed by atoms with van der Waals surface area (Å²) in [5, 5.41) is 0. The minimum atomic E-state index is 0.714. The molecule has 0 aliphatic carbocycles. The van der Waals surface area contributed by atoms with Gasteiger partial charge in [0.2, 0.25) is 0 Å². The minimum Gasteiger partial charge on any atom is -0.497 e. The standard InChI is InChI=1S/C20H26N2O2/c1-23-19-8-5-9-20(16-19)24-15-14-21-10-12-22(13-11-21)17-18-6-3-2-4-7-18/h2-9,16H,10-15,17H2,1H3. The molecule has 0 unspecified atom stereocenters. The summed E-state index contributed by atoms with van der Waals surface area (Å²) in [6, 6.07) is 18.5. The Labute approximate surface area is 144 Å². The van der Waals surface area contributed by atoms with Gasteiger partial charge >= 0.3 is 0 Å². The van der Waals surface area contributed by atoms with Crippen molar-refractivity contribution in [2.45, 2.75) is 6.54 Å². The first kappa shape index (κ1) is 16.8. The van der Waals surface area contributed by atoms with E-state index in [1.165, 1.54) is 5.56 Å². The van der Waals surface area contributed by atoms with Crippen LogP contribution in [0.1, 0.15) is 5.56 Å². The first-order chi connectivity index (χ1) is 11.8. The number of nitrogens with zero attached hydrogens (tertiary/aromatic N) is 2. The van der Waals surface area contributed by atoms with E-state index < -0.39 is 0 Å². The third-order valence-corrected chi connectivity index (χ3v) is 4.43. The van der Waals surface area contributed by atoms with E-state index in [-0.39, 0.29) is 0 Å². The van der Waals surface area contributed by atoms with Gasteiger partial charge in [0.25, 0.3) is 0 Å². The molecule has 0 saturated carbocycles. The van der Waals surface area contributed by atoms with Crippen molar-refractivity contribution in [3.8, 4) is 11.5 Å². The van der Waals surface area contributed by atoms with Crippen molar-refractivity contribution in [3.05, 3.63) is 60.2 Å². The highest BCUT2D eigenvalue weighted by Crippen LogP contribution is 2.18. The summed E-state index contributed by atoms with van der Waals surface area (Å²) in [5.74, 6) is 1.71. The zero-order chi connectivity index (χ0) is 16.6. The second-order valence-corrected chi connectivity index (χ2v) is 6.13. The van der Waals surface area contributed by atoms with Crippen LogP contribution in [0.2, 0.25) is 0 Å². The molecule has 1 aliphatic heterocycles. The molecule has 0 aromatic heterocycles. The summed E-state index contributed by atoms with van der Waals surface area (Å²) in [7, 11) is 1.67. The van der Waals surface area contributed by atoms with Gasteiger partial charge in [-0.05, 0) is 17.7 Å². The molecule has 0 atom stereocenters. The van der Waals surface area contributed by atoms with E-state index in [0.29, 0.717) is 6.61 Å². The second-order valence-electron chi connectivity index (χ2n) is 6.13. The molecule has 0 spiro atoms. The molecular weight excluding hydrogens is 300 g/mol. The third kappa shape index (κ3) is 4.98. The van der Waals surface area contributed by atoms with Crippen molar-refractivity contribution < 1.29 is 9.47 Å². The van der Waals surface area contributed by atoms with Crippen LogP contribution >= 0.6 is 0 Å². The molecule has 3 rings (SSSR count). The molecule has 2 aromatic rings. The SMILES string of the molecule is COc1cccc(OCCN2CCN(Cc3ccccc3)CC2)c1. The molecule has 0 bridgehead atoms. The van der Waals surface area contributed by atoms with Crippen LogP contribution < -0.4 is 9.47 Å². The average molecular weight is 326 g/mol. The molecular formula is C20H26N2O2. The molecule has 1 fully saturated rings. The Morgan fingerprint density at radius 3 is 2.29 bits per heavy atom. The van der Waals surface area contributed by atoms with Gasteiger partial charge in [0.1, 0.15) is 18.1 Å². The Morgan fingerprint density at radius 1 is 0.833 bits per heavy atom. The van der Waals surface area contributed by atoms with E-state index in [0.717, 1.165) is 50.8 Å². The van der Waals surface area contributed by atoms with Crippen molar-refractivity contribution in [1.29, 1.82) is 0 Å². The van der Waals surface area contributed by atoms with E-state index in [1.807, 2.05) is 24.3 Å². The zero-order valence-electron chi connectivity index (χ0n) is 14.4. The van der Waals surface area contributed by atoms with Crippen molar-refractivity contribution in [3.63, 3.8) is 0 Å². The van der Waals surface area contributed by atoms with Gasteiger partial charge in [0.05, 0.1) is 7.11 Å². The first-order valence-corrected chi connectivity index (χ1v) is 8.59. The normalized spacial score (nSPS) is 16.0. The van der Waals surface area contributed by atoms with E-state index >= 15 is 0 Å². The Hall–Kier alpha value is -2.04. The highest BCUT2D eigenvalue weighted by Gasteiger charge is 2.16. The number of ether oxygens (including phenoxy) is 2. The molecule has 0 amide bonds. The fourth-order valence-electron chi connectivity index (χ4n) is 3.00. The topological polar surface area (TPSA) is 24.9 Å². The highest BCUT2D eigenvalue weighted by atomic mass is 16.5. The van der Waals surface area contributed by atoms with Gasteiger partial charge in [-0.15, -0.1) is 0 Å². The van der Waals surface area contributed by atoms with E-state index in [9.17, 15) is 0 Å². The maximum absolute atomic E-state index is 5.84. The fraction of sp³-hybridized carbons (Fsp3) is 0.400. The number of benzene rings is 2. The van der Waals surface area contributed by atoms with Crippen molar-refractivity contribution >= 4 is 0 Å². The van der Waals surface area contributed by atoms with Gasteiger partial charge in [0.15, 0.2) is 0 Å². The van der Waals surface area contributed by atoms with Crippen LogP contribution in [0.4, 0.5) is 0 Å². The van der Waals surface area contributed by atoms with E-state index in [4.69, 9.17) is 9.47 Å². The maximum atomic E-state index is 5.84.